The summed E-state index contributed by atoms with van der Waals surface area (Å²) in [5.41, 5.74) is 13.0. The van der Waals surface area contributed by atoms with Gasteiger partial charge in [0.1, 0.15) is 5.82 Å². The standard InChI is InChI=1S/C46H32N2/c1-48-43-28-26-37(30-42(43)47-46(48)35-17-9-4-10-18-35)32-23-21-31(22-24-32)36-25-27-40-41(29-36)45(34-15-7-3-8-16-34)39-20-12-11-19-38(39)44(40)33-13-5-2-6-14-33/h2-30H,1H3. The van der Waals surface area contributed by atoms with E-state index in [0.717, 1.165) is 28.0 Å². The van der Waals surface area contributed by atoms with Gasteiger partial charge in [-0.3, -0.25) is 0 Å². The minimum atomic E-state index is 0.979. The zero-order valence-corrected chi connectivity index (χ0v) is 26.6. The van der Waals surface area contributed by atoms with Crippen molar-refractivity contribution >= 4 is 32.6 Å². The fourth-order valence-electron chi connectivity index (χ4n) is 7.27. The van der Waals surface area contributed by atoms with E-state index in [2.05, 4.69) is 181 Å². The number of aryl methyl sites for hydroxylation is 1. The predicted molar refractivity (Wildman–Crippen MR) is 203 cm³/mol. The van der Waals surface area contributed by atoms with Crippen molar-refractivity contribution in [3.63, 3.8) is 0 Å². The molecule has 226 valence electrons. The summed E-state index contributed by atoms with van der Waals surface area (Å²) >= 11 is 0. The fourth-order valence-corrected chi connectivity index (χ4v) is 7.27. The molecule has 48 heavy (non-hydrogen) atoms. The minimum Gasteiger partial charge on any atom is -0.327 e. The van der Waals surface area contributed by atoms with Crippen LogP contribution in [0.4, 0.5) is 0 Å². The van der Waals surface area contributed by atoms with Crippen LogP contribution < -0.4 is 0 Å². The minimum absolute atomic E-state index is 0.979. The van der Waals surface area contributed by atoms with E-state index in [1.54, 1.807) is 0 Å². The van der Waals surface area contributed by atoms with E-state index in [9.17, 15) is 0 Å². The van der Waals surface area contributed by atoms with Gasteiger partial charge in [-0.1, -0.05) is 158 Å². The molecule has 0 aliphatic carbocycles. The summed E-state index contributed by atoms with van der Waals surface area (Å²) in [5.74, 6) is 0.979. The van der Waals surface area contributed by atoms with Gasteiger partial charge in [0, 0.05) is 12.6 Å². The lowest BCUT2D eigenvalue weighted by Crippen LogP contribution is -1.92. The summed E-state index contributed by atoms with van der Waals surface area (Å²) < 4.78 is 2.17. The molecule has 0 amide bonds. The number of rotatable bonds is 5. The average molecular weight is 613 g/mol. The molecule has 8 aromatic carbocycles. The summed E-state index contributed by atoms with van der Waals surface area (Å²) in [6, 6.07) is 63.4. The maximum absolute atomic E-state index is 5.01. The maximum Gasteiger partial charge on any atom is 0.140 e. The second kappa shape index (κ2) is 11.5. The molecule has 0 bridgehead atoms. The Morgan fingerprint density at radius 2 is 0.792 bits per heavy atom. The van der Waals surface area contributed by atoms with Crippen molar-refractivity contribution in [3.05, 3.63) is 176 Å². The van der Waals surface area contributed by atoms with Crippen LogP contribution in [0.5, 0.6) is 0 Å². The van der Waals surface area contributed by atoms with Gasteiger partial charge in [-0.05, 0) is 84.3 Å². The van der Waals surface area contributed by atoms with Crippen molar-refractivity contribution < 1.29 is 0 Å². The van der Waals surface area contributed by atoms with Gasteiger partial charge < -0.3 is 4.57 Å². The van der Waals surface area contributed by atoms with E-state index >= 15 is 0 Å². The van der Waals surface area contributed by atoms with Crippen molar-refractivity contribution in [1.82, 2.24) is 9.55 Å². The summed E-state index contributed by atoms with van der Waals surface area (Å²) in [6.45, 7) is 0. The molecule has 1 heterocycles. The first-order valence-electron chi connectivity index (χ1n) is 16.4. The Morgan fingerprint density at radius 1 is 0.354 bits per heavy atom. The fraction of sp³-hybridized carbons (Fsp3) is 0.0217. The molecular formula is C46H32N2. The Labute approximate surface area is 280 Å². The number of nitrogens with zero attached hydrogens (tertiary/aromatic N) is 2. The van der Waals surface area contributed by atoms with Crippen LogP contribution in [0, 0.1) is 0 Å². The molecule has 0 radical (unpaired) electrons. The zero-order chi connectivity index (χ0) is 32.0. The number of benzene rings is 8. The molecule has 0 spiro atoms. The van der Waals surface area contributed by atoms with Crippen LogP contribution in [0.2, 0.25) is 0 Å². The van der Waals surface area contributed by atoms with Crippen LogP contribution in [-0.2, 0) is 7.05 Å². The van der Waals surface area contributed by atoms with Crippen LogP contribution in [0.25, 0.3) is 88.5 Å². The molecule has 0 atom stereocenters. The molecule has 0 aliphatic heterocycles. The highest BCUT2D eigenvalue weighted by Gasteiger charge is 2.17. The van der Waals surface area contributed by atoms with Gasteiger partial charge in [0.15, 0.2) is 0 Å². The molecule has 0 N–H and O–H groups in total. The molecule has 2 heteroatoms. The second-order valence-electron chi connectivity index (χ2n) is 12.4. The van der Waals surface area contributed by atoms with E-state index in [4.69, 9.17) is 4.98 Å². The molecule has 1 aromatic heterocycles. The van der Waals surface area contributed by atoms with Crippen LogP contribution >= 0.6 is 0 Å². The van der Waals surface area contributed by atoms with E-state index in [-0.39, 0.29) is 0 Å². The van der Waals surface area contributed by atoms with Gasteiger partial charge in [-0.15, -0.1) is 0 Å². The SMILES string of the molecule is Cn1c(-c2ccccc2)nc2cc(-c3ccc(-c4ccc5c(-c6ccccc6)c6ccccc6c(-c6ccccc6)c5c4)cc3)ccc21. The first-order chi connectivity index (χ1) is 23.7. The normalized spacial score (nSPS) is 11.4. The molecular weight excluding hydrogens is 581 g/mol. The van der Waals surface area contributed by atoms with E-state index < -0.39 is 0 Å². The van der Waals surface area contributed by atoms with Crippen LogP contribution in [0.1, 0.15) is 0 Å². The average Bonchev–Trinajstić information content (AvgIpc) is 3.50. The third kappa shape index (κ3) is 4.70. The van der Waals surface area contributed by atoms with Gasteiger partial charge >= 0.3 is 0 Å². The highest BCUT2D eigenvalue weighted by atomic mass is 15.1. The molecule has 0 fully saturated rings. The number of hydrogen-bond acceptors (Lipinski definition) is 1. The Morgan fingerprint density at radius 3 is 1.38 bits per heavy atom. The first-order valence-corrected chi connectivity index (χ1v) is 16.4. The highest BCUT2D eigenvalue weighted by Crippen LogP contribution is 2.44. The Bertz CT molecular complexity index is 2580. The van der Waals surface area contributed by atoms with Crippen molar-refractivity contribution in [3.8, 4) is 55.9 Å². The topological polar surface area (TPSA) is 17.8 Å². The lowest BCUT2D eigenvalue weighted by atomic mass is 9.85. The van der Waals surface area contributed by atoms with Gasteiger partial charge in [-0.25, -0.2) is 4.98 Å². The summed E-state index contributed by atoms with van der Waals surface area (Å²) in [7, 11) is 2.09. The monoisotopic (exact) mass is 612 g/mol. The van der Waals surface area contributed by atoms with Crippen molar-refractivity contribution in [2.75, 3.05) is 0 Å². The van der Waals surface area contributed by atoms with Gasteiger partial charge in [0.25, 0.3) is 0 Å². The van der Waals surface area contributed by atoms with Gasteiger partial charge in [0.2, 0.25) is 0 Å². The smallest absolute Gasteiger partial charge is 0.140 e. The number of hydrogen-bond donors (Lipinski definition) is 0. The van der Waals surface area contributed by atoms with Gasteiger partial charge in [-0.2, -0.15) is 0 Å². The quantitative estimate of drug-likeness (QED) is 0.177. The van der Waals surface area contributed by atoms with Crippen molar-refractivity contribution in [2.24, 2.45) is 7.05 Å². The van der Waals surface area contributed by atoms with E-state index in [0.29, 0.717) is 0 Å². The maximum atomic E-state index is 5.01. The van der Waals surface area contributed by atoms with Crippen LogP contribution in [0.15, 0.2) is 176 Å². The van der Waals surface area contributed by atoms with Crippen molar-refractivity contribution in [1.29, 1.82) is 0 Å². The summed E-state index contributed by atoms with van der Waals surface area (Å²) in [6.07, 6.45) is 0. The Balaban J connectivity index is 1.17. The molecule has 2 nitrogen and oxygen atoms in total. The second-order valence-corrected chi connectivity index (χ2v) is 12.4. The van der Waals surface area contributed by atoms with Crippen LogP contribution in [-0.4, -0.2) is 9.55 Å². The molecule has 9 aromatic rings. The largest absolute Gasteiger partial charge is 0.327 e. The molecule has 0 saturated heterocycles. The molecule has 0 aliphatic rings. The lowest BCUT2D eigenvalue weighted by Gasteiger charge is -2.18. The Hall–Kier alpha value is -6.25. The molecule has 0 saturated carbocycles. The third-order valence-electron chi connectivity index (χ3n) is 9.61. The van der Waals surface area contributed by atoms with Crippen LogP contribution in [0.3, 0.4) is 0 Å². The lowest BCUT2D eigenvalue weighted by molar-refractivity contribution is 0.959. The number of imidazole rings is 1. The number of aromatic nitrogens is 2. The Kier molecular flexibility index (Phi) is 6.72. The number of fused-ring (bicyclic) bond motifs is 3. The van der Waals surface area contributed by atoms with E-state index in [1.807, 2.05) is 6.07 Å². The molecule has 0 unspecified atom stereocenters. The molecule has 9 rings (SSSR count). The highest BCUT2D eigenvalue weighted by molar-refractivity contribution is 6.22. The summed E-state index contributed by atoms with van der Waals surface area (Å²) in [4.78, 5) is 5.01. The predicted octanol–water partition coefficient (Wildman–Crippen LogP) is 12.2. The summed E-state index contributed by atoms with van der Waals surface area (Å²) in [5, 5.41) is 5.06. The zero-order valence-electron chi connectivity index (χ0n) is 26.6. The first kappa shape index (κ1) is 28.0. The van der Waals surface area contributed by atoms with Crippen molar-refractivity contribution in [2.45, 2.75) is 0 Å². The third-order valence-corrected chi connectivity index (χ3v) is 9.61. The van der Waals surface area contributed by atoms with Gasteiger partial charge in [0.05, 0.1) is 11.0 Å². The van der Waals surface area contributed by atoms with E-state index in [1.165, 1.54) is 60.5 Å².